The standard InChI is InChI=1S/C15H21N5O/c1-12-14(17-5-4-16-12)3-2-13-11-21-9-8-20(13)10-15-18-6-7-19-15/h4-7,13H,2-3,8-11H2,1H3,(H,18,19). The van der Waals surface area contributed by atoms with E-state index in [1.165, 1.54) is 0 Å². The molecule has 1 unspecified atom stereocenters. The molecule has 0 bridgehead atoms. The van der Waals surface area contributed by atoms with Crippen LogP contribution in [0.4, 0.5) is 0 Å². The maximum Gasteiger partial charge on any atom is 0.120 e. The molecule has 0 spiro atoms. The highest BCUT2D eigenvalue weighted by Gasteiger charge is 2.23. The van der Waals surface area contributed by atoms with Crippen LogP contribution in [0.1, 0.15) is 23.6 Å². The van der Waals surface area contributed by atoms with Crippen LogP contribution in [0.15, 0.2) is 24.8 Å². The van der Waals surface area contributed by atoms with E-state index < -0.39 is 0 Å². The number of morpholine rings is 1. The molecule has 0 saturated carbocycles. The molecule has 2 aromatic rings. The first kappa shape index (κ1) is 14.2. The summed E-state index contributed by atoms with van der Waals surface area (Å²) in [6.07, 6.45) is 9.14. The van der Waals surface area contributed by atoms with Crippen molar-refractivity contribution in [1.29, 1.82) is 0 Å². The average Bonchev–Trinajstić information content (AvgIpc) is 3.01. The molecular formula is C15H21N5O. The maximum absolute atomic E-state index is 5.64. The second-order valence-corrected chi connectivity index (χ2v) is 5.36. The predicted octanol–water partition coefficient (Wildman–Crippen LogP) is 1.34. The zero-order valence-electron chi connectivity index (χ0n) is 12.3. The Morgan fingerprint density at radius 1 is 1.29 bits per heavy atom. The fourth-order valence-corrected chi connectivity index (χ4v) is 2.73. The average molecular weight is 287 g/mol. The molecule has 0 aliphatic carbocycles. The zero-order chi connectivity index (χ0) is 14.5. The van der Waals surface area contributed by atoms with Gasteiger partial charge < -0.3 is 9.72 Å². The lowest BCUT2D eigenvalue weighted by Crippen LogP contribution is -2.45. The van der Waals surface area contributed by atoms with Crippen molar-refractivity contribution in [2.75, 3.05) is 19.8 Å². The van der Waals surface area contributed by atoms with Gasteiger partial charge in [0.25, 0.3) is 0 Å². The lowest BCUT2D eigenvalue weighted by atomic mass is 10.1. The molecule has 1 aliphatic rings. The molecule has 6 heteroatoms. The van der Waals surface area contributed by atoms with Crippen molar-refractivity contribution in [3.63, 3.8) is 0 Å². The van der Waals surface area contributed by atoms with Gasteiger partial charge in [-0.15, -0.1) is 0 Å². The highest BCUT2D eigenvalue weighted by Crippen LogP contribution is 2.16. The van der Waals surface area contributed by atoms with Gasteiger partial charge in [-0.05, 0) is 19.8 Å². The third-order valence-electron chi connectivity index (χ3n) is 3.95. The monoisotopic (exact) mass is 287 g/mol. The summed E-state index contributed by atoms with van der Waals surface area (Å²) in [6.45, 7) is 5.38. The summed E-state index contributed by atoms with van der Waals surface area (Å²) in [4.78, 5) is 18.7. The summed E-state index contributed by atoms with van der Waals surface area (Å²) in [5, 5.41) is 0. The van der Waals surface area contributed by atoms with Crippen molar-refractivity contribution >= 4 is 0 Å². The minimum Gasteiger partial charge on any atom is -0.378 e. The van der Waals surface area contributed by atoms with Gasteiger partial charge in [-0.2, -0.15) is 0 Å². The molecule has 3 rings (SSSR count). The molecule has 1 saturated heterocycles. The first-order valence-electron chi connectivity index (χ1n) is 7.39. The van der Waals surface area contributed by atoms with E-state index in [4.69, 9.17) is 4.74 Å². The number of aromatic amines is 1. The topological polar surface area (TPSA) is 66.9 Å². The molecule has 0 amide bonds. The number of nitrogens with zero attached hydrogens (tertiary/aromatic N) is 4. The first-order chi connectivity index (χ1) is 10.3. The second kappa shape index (κ2) is 6.78. The highest BCUT2D eigenvalue weighted by atomic mass is 16.5. The summed E-state index contributed by atoms with van der Waals surface area (Å²) in [6, 6.07) is 0.408. The number of hydrogen-bond donors (Lipinski definition) is 1. The van der Waals surface area contributed by atoms with E-state index in [-0.39, 0.29) is 0 Å². The number of H-pyrrole nitrogens is 1. The van der Waals surface area contributed by atoms with Gasteiger partial charge >= 0.3 is 0 Å². The molecule has 1 N–H and O–H groups in total. The number of aromatic nitrogens is 4. The Hall–Kier alpha value is -1.79. The Morgan fingerprint density at radius 2 is 2.19 bits per heavy atom. The van der Waals surface area contributed by atoms with Crippen molar-refractivity contribution in [2.45, 2.75) is 32.4 Å². The summed E-state index contributed by atoms with van der Waals surface area (Å²) in [7, 11) is 0. The summed E-state index contributed by atoms with van der Waals surface area (Å²) in [5.74, 6) is 1.01. The predicted molar refractivity (Wildman–Crippen MR) is 78.7 cm³/mol. The van der Waals surface area contributed by atoms with E-state index in [0.717, 1.165) is 56.4 Å². The molecule has 21 heavy (non-hydrogen) atoms. The number of hydrogen-bond acceptors (Lipinski definition) is 5. The summed E-state index contributed by atoms with van der Waals surface area (Å²) < 4.78 is 5.64. The van der Waals surface area contributed by atoms with E-state index in [2.05, 4.69) is 24.8 Å². The van der Waals surface area contributed by atoms with E-state index in [1.807, 2.05) is 13.1 Å². The lowest BCUT2D eigenvalue weighted by molar-refractivity contribution is -0.0154. The third-order valence-corrected chi connectivity index (χ3v) is 3.95. The minimum absolute atomic E-state index is 0.408. The van der Waals surface area contributed by atoms with Gasteiger partial charge in [0, 0.05) is 37.4 Å². The Balaban J connectivity index is 1.60. The molecule has 1 atom stereocenters. The SMILES string of the molecule is Cc1nccnc1CCC1COCCN1Cc1ncc[nH]1. The van der Waals surface area contributed by atoms with E-state index in [0.29, 0.717) is 6.04 Å². The lowest BCUT2D eigenvalue weighted by Gasteiger charge is -2.35. The third kappa shape index (κ3) is 3.65. The summed E-state index contributed by atoms with van der Waals surface area (Å²) >= 11 is 0. The van der Waals surface area contributed by atoms with Gasteiger partial charge in [0.2, 0.25) is 0 Å². The summed E-state index contributed by atoms with van der Waals surface area (Å²) in [5.41, 5.74) is 2.10. The Bertz CT molecular complexity index is 557. The van der Waals surface area contributed by atoms with Gasteiger partial charge in [-0.1, -0.05) is 0 Å². The molecular weight excluding hydrogens is 266 g/mol. The molecule has 112 valence electrons. The molecule has 1 aliphatic heterocycles. The molecule has 0 radical (unpaired) electrons. The van der Waals surface area contributed by atoms with Crippen LogP contribution in [-0.4, -0.2) is 50.6 Å². The zero-order valence-corrected chi connectivity index (χ0v) is 12.3. The Kier molecular flexibility index (Phi) is 4.57. The number of nitrogens with one attached hydrogen (secondary N) is 1. The van der Waals surface area contributed by atoms with Crippen LogP contribution in [-0.2, 0) is 17.7 Å². The fourth-order valence-electron chi connectivity index (χ4n) is 2.73. The van der Waals surface area contributed by atoms with Crippen LogP contribution in [0.5, 0.6) is 0 Å². The normalized spacial score (nSPS) is 19.8. The van der Waals surface area contributed by atoms with Crippen molar-refractivity contribution < 1.29 is 4.74 Å². The highest BCUT2D eigenvalue weighted by molar-refractivity contribution is 5.08. The molecule has 1 fully saturated rings. The maximum atomic E-state index is 5.64. The molecule has 0 aromatic carbocycles. The van der Waals surface area contributed by atoms with Crippen LogP contribution in [0.3, 0.4) is 0 Å². The van der Waals surface area contributed by atoms with E-state index >= 15 is 0 Å². The number of imidazole rings is 1. The van der Waals surface area contributed by atoms with Crippen LogP contribution >= 0.6 is 0 Å². The van der Waals surface area contributed by atoms with Crippen LogP contribution in [0.25, 0.3) is 0 Å². The van der Waals surface area contributed by atoms with Gasteiger partial charge in [0.05, 0.1) is 31.1 Å². The smallest absolute Gasteiger partial charge is 0.120 e. The first-order valence-corrected chi connectivity index (χ1v) is 7.39. The fraction of sp³-hybridized carbons (Fsp3) is 0.533. The number of aryl methyl sites for hydroxylation is 2. The van der Waals surface area contributed by atoms with Crippen molar-refractivity contribution in [3.8, 4) is 0 Å². The van der Waals surface area contributed by atoms with Gasteiger partial charge in [0.15, 0.2) is 0 Å². The Labute approximate surface area is 124 Å². The minimum atomic E-state index is 0.408. The largest absolute Gasteiger partial charge is 0.378 e. The van der Waals surface area contributed by atoms with E-state index in [9.17, 15) is 0 Å². The van der Waals surface area contributed by atoms with Crippen molar-refractivity contribution in [3.05, 3.63) is 42.0 Å². The van der Waals surface area contributed by atoms with E-state index in [1.54, 1.807) is 18.6 Å². The molecule has 6 nitrogen and oxygen atoms in total. The number of rotatable bonds is 5. The quantitative estimate of drug-likeness (QED) is 0.899. The molecule has 3 heterocycles. The second-order valence-electron chi connectivity index (χ2n) is 5.36. The van der Waals surface area contributed by atoms with Crippen LogP contribution < -0.4 is 0 Å². The van der Waals surface area contributed by atoms with Crippen molar-refractivity contribution in [2.24, 2.45) is 0 Å². The van der Waals surface area contributed by atoms with Gasteiger partial charge in [-0.3, -0.25) is 14.9 Å². The van der Waals surface area contributed by atoms with Crippen molar-refractivity contribution in [1.82, 2.24) is 24.8 Å². The van der Waals surface area contributed by atoms with Crippen LogP contribution in [0, 0.1) is 6.92 Å². The molecule has 2 aromatic heterocycles. The Morgan fingerprint density at radius 3 is 3.00 bits per heavy atom. The number of ether oxygens (including phenoxy) is 1. The van der Waals surface area contributed by atoms with Gasteiger partial charge in [0.1, 0.15) is 5.82 Å². The van der Waals surface area contributed by atoms with Gasteiger partial charge in [-0.25, -0.2) is 4.98 Å². The van der Waals surface area contributed by atoms with Crippen LogP contribution in [0.2, 0.25) is 0 Å².